The lowest BCUT2D eigenvalue weighted by Crippen LogP contribution is -2.44. The Bertz CT molecular complexity index is 601. The van der Waals surface area contributed by atoms with E-state index in [0.717, 1.165) is 0 Å². The number of hydrogen-bond donors (Lipinski definition) is 1. The predicted molar refractivity (Wildman–Crippen MR) is 88.2 cm³/mol. The number of urea groups is 1. The number of amides is 2. The van der Waals surface area contributed by atoms with Crippen molar-refractivity contribution < 1.29 is 17.9 Å². The third-order valence-electron chi connectivity index (χ3n) is 3.39. The summed E-state index contributed by atoms with van der Waals surface area (Å²) in [4.78, 5) is 13.8. The van der Waals surface area contributed by atoms with Gasteiger partial charge < -0.3 is 15.0 Å². The molecule has 7 heteroatoms. The van der Waals surface area contributed by atoms with E-state index in [2.05, 4.69) is 5.32 Å². The molecule has 0 saturated carbocycles. The van der Waals surface area contributed by atoms with Crippen molar-refractivity contribution >= 4 is 21.6 Å². The van der Waals surface area contributed by atoms with Crippen LogP contribution in [-0.4, -0.2) is 50.6 Å². The van der Waals surface area contributed by atoms with Gasteiger partial charge in [-0.1, -0.05) is 13.0 Å². The van der Waals surface area contributed by atoms with Crippen molar-refractivity contribution in [2.24, 2.45) is 0 Å². The highest BCUT2D eigenvalue weighted by atomic mass is 32.2. The highest BCUT2D eigenvalue weighted by molar-refractivity contribution is 7.91. The summed E-state index contributed by atoms with van der Waals surface area (Å²) in [6.45, 7) is 5.59. The van der Waals surface area contributed by atoms with Gasteiger partial charge in [-0.15, -0.1) is 0 Å². The van der Waals surface area contributed by atoms with Crippen molar-refractivity contribution in [2.45, 2.75) is 26.8 Å². The average molecular weight is 328 g/mol. The number of hydrogen-bond acceptors (Lipinski definition) is 4. The molecule has 0 bridgehead atoms. The van der Waals surface area contributed by atoms with E-state index in [9.17, 15) is 13.2 Å². The fourth-order valence-electron chi connectivity index (χ4n) is 2.13. The quantitative estimate of drug-likeness (QED) is 0.834. The van der Waals surface area contributed by atoms with Crippen LogP contribution in [0.5, 0.6) is 5.75 Å². The van der Waals surface area contributed by atoms with Crippen LogP contribution in [0.2, 0.25) is 0 Å². The molecule has 124 valence electrons. The minimum atomic E-state index is -3.13. The standard InChI is InChI=1S/C15H24N2O4S/c1-5-17(12(3)11-22(19,20)6-2)15(18)16-13-8-7-9-14(10-13)21-4/h7-10,12H,5-6,11H2,1-4H3,(H,16,18)/t12-/m0/s1. The number of ether oxygens (including phenoxy) is 1. The Morgan fingerprint density at radius 2 is 2.05 bits per heavy atom. The zero-order chi connectivity index (χ0) is 16.8. The van der Waals surface area contributed by atoms with Crippen LogP contribution >= 0.6 is 0 Å². The normalized spacial score (nSPS) is 12.5. The van der Waals surface area contributed by atoms with E-state index in [-0.39, 0.29) is 23.6 Å². The molecule has 22 heavy (non-hydrogen) atoms. The number of anilines is 1. The lowest BCUT2D eigenvalue weighted by Gasteiger charge is -2.28. The van der Waals surface area contributed by atoms with Gasteiger partial charge in [-0.05, 0) is 26.0 Å². The SMILES string of the molecule is CCN(C(=O)Nc1cccc(OC)c1)[C@@H](C)CS(=O)(=O)CC. The van der Waals surface area contributed by atoms with Crippen LogP contribution in [0.1, 0.15) is 20.8 Å². The molecular formula is C15H24N2O4S. The molecule has 0 aliphatic heterocycles. The number of rotatable bonds is 7. The number of nitrogens with zero attached hydrogens (tertiary/aromatic N) is 1. The smallest absolute Gasteiger partial charge is 0.322 e. The first kappa shape index (κ1) is 18.3. The molecule has 0 heterocycles. The van der Waals surface area contributed by atoms with Crippen LogP contribution in [0.25, 0.3) is 0 Å². The highest BCUT2D eigenvalue weighted by Gasteiger charge is 2.23. The van der Waals surface area contributed by atoms with Crippen molar-refractivity contribution in [3.8, 4) is 5.75 Å². The number of benzene rings is 1. The first-order valence-corrected chi connectivity index (χ1v) is 9.07. The van der Waals surface area contributed by atoms with Gasteiger partial charge >= 0.3 is 6.03 Å². The van der Waals surface area contributed by atoms with Gasteiger partial charge in [-0.3, -0.25) is 0 Å². The van der Waals surface area contributed by atoms with E-state index < -0.39 is 9.84 Å². The molecule has 0 radical (unpaired) electrons. The van der Waals surface area contributed by atoms with E-state index in [1.54, 1.807) is 45.2 Å². The molecule has 0 aliphatic rings. The number of carbonyl (C=O) groups is 1. The average Bonchev–Trinajstić information content (AvgIpc) is 2.47. The van der Waals surface area contributed by atoms with E-state index >= 15 is 0 Å². The minimum Gasteiger partial charge on any atom is -0.497 e. The molecule has 6 nitrogen and oxygen atoms in total. The van der Waals surface area contributed by atoms with Crippen LogP contribution in [0, 0.1) is 0 Å². The van der Waals surface area contributed by atoms with E-state index in [4.69, 9.17) is 4.74 Å². The summed E-state index contributed by atoms with van der Waals surface area (Å²) < 4.78 is 28.5. The topological polar surface area (TPSA) is 75.7 Å². The fraction of sp³-hybridized carbons (Fsp3) is 0.533. The summed E-state index contributed by atoms with van der Waals surface area (Å²) in [5.41, 5.74) is 0.605. The first-order chi connectivity index (χ1) is 10.3. The van der Waals surface area contributed by atoms with Gasteiger partial charge in [0, 0.05) is 30.1 Å². The lowest BCUT2D eigenvalue weighted by atomic mass is 10.3. The summed E-state index contributed by atoms with van der Waals surface area (Å²) in [6, 6.07) is 6.30. The zero-order valence-electron chi connectivity index (χ0n) is 13.5. The maximum Gasteiger partial charge on any atom is 0.322 e. The van der Waals surface area contributed by atoms with Crippen LogP contribution in [0.15, 0.2) is 24.3 Å². The second-order valence-corrected chi connectivity index (χ2v) is 7.39. The summed E-state index contributed by atoms with van der Waals surface area (Å²) in [5.74, 6) is 0.678. The van der Waals surface area contributed by atoms with Gasteiger partial charge in [0.2, 0.25) is 0 Å². The summed E-state index contributed by atoms with van der Waals surface area (Å²) >= 11 is 0. The van der Waals surface area contributed by atoms with Crippen LogP contribution in [0.4, 0.5) is 10.5 Å². The lowest BCUT2D eigenvalue weighted by molar-refractivity contribution is 0.201. The second-order valence-electron chi connectivity index (χ2n) is 5.00. The molecule has 1 aromatic carbocycles. The molecule has 0 saturated heterocycles. The molecule has 1 atom stereocenters. The number of nitrogens with one attached hydrogen (secondary N) is 1. The third kappa shape index (κ3) is 5.22. The molecule has 0 unspecified atom stereocenters. The largest absolute Gasteiger partial charge is 0.497 e. The number of sulfone groups is 1. The Kier molecular flexibility index (Phi) is 6.67. The van der Waals surface area contributed by atoms with Crippen molar-refractivity contribution in [1.82, 2.24) is 4.90 Å². The first-order valence-electron chi connectivity index (χ1n) is 7.25. The Morgan fingerprint density at radius 1 is 1.36 bits per heavy atom. The van der Waals surface area contributed by atoms with Gasteiger partial charge in [-0.25, -0.2) is 13.2 Å². The minimum absolute atomic E-state index is 0.0388. The second kappa shape index (κ2) is 8.03. The zero-order valence-corrected chi connectivity index (χ0v) is 14.3. The van der Waals surface area contributed by atoms with Gasteiger partial charge in [0.15, 0.2) is 9.84 Å². The van der Waals surface area contributed by atoms with Crippen molar-refractivity contribution in [3.05, 3.63) is 24.3 Å². The van der Waals surface area contributed by atoms with E-state index in [1.165, 1.54) is 4.90 Å². The molecule has 0 fully saturated rings. The molecule has 1 rings (SSSR count). The molecule has 0 aromatic heterocycles. The summed E-state index contributed by atoms with van der Waals surface area (Å²) in [6.07, 6.45) is 0. The molecule has 0 spiro atoms. The Balaban J connectivity index is 2.79. The van der Waals surface area contributed by atoms with Crippen molar-refractivity contribution in [1.29, 1.82) is 0 Å². The number of methoxy groups -OCH3 is 1. The van der Waals surface area contributed by atoms with Gasteiger partial charge in [0.05, 0.1) is 12.9 Å². The molecule has 2 amide bonds. The van der Waals surface area contributed by atoms with Crippen molar-refractivity contribution in [3.63, 3.8) is 0 Å². The van der Waals surface area contributed by atoms with E-state index in [1.807, 2.05) is 6.92 Å². The maximum atomic E-state index is 12.3. The number of carbonyl (C=O) groups excluding carboxylic acids is 1. The van der Waals surface area contributed by atoms with Crippen LogP contribution in [0.3, 0.4) is 0 Å². The molecular weight excluding hydrogens is 304 g/mol. The summed E-state index contributed by atoms with van der Waals surface area (Å²) in [5, 5.41) is 2.76. The third-order valence-corrected chi connectivity index (χ3v) is 5.26. The van der Waals surface area contributed by atoms with Gasteiger partial charge in [0.25, 0.3) is 0 Å². The molecule has 1 aromatic rings. The fourth-order valence-corrected chi connectivity index (χ4v) is 3.28. The van der Waals surface area contributed by atoms with Crippen LogP contribution in [-0.2, 0) is 9.84 Å². The monoisotopic (exact) mass is 328 g/mol. The predicted octanol–water partition coefficient (Wildman–Crippen LogP) is 2.37. The Hall–Kier alpha value is -1.76. The van der Waals surface area contributed by atoms with Gasteiger partial charge in [-0.2, -0.15) is 0 Å². The maximum absolute atomic E-state index is 12.3. The van der Waals surface area contributed by atoms with E-state index in [0.29, 0.717) is 18.0 Å². The van der Waals surface area contributed by atoms with Crippen LogP contribution < -0.4 is 10.1 Å². The summed E-state index contributed by atoms with van der Waals surface area (Å²) in [7, 11) is -1.58. The molecule has 0 aliphatic carbocycles. The Labute approximate surface area is 132 Å². The van der Waals surface area contributed by atoms with Crippen molar-refractivity contribution in [2.75, 3.05) is 30.5 Å². The highest BCUT2D eigenvalue weighted by Crippen LogP contribution is 2.17. The van der Waals surface area contributed by atoms with Gasteiger partial charge in [0.1, 0.15) is 5.75 Å². The Morgan fingerprint density at radius 3 is 2.59 bits per heavy atom. The molecule has 1 N–H and O–H groups in total.